The first-order valence-corrected chi connectivity index (χ1v) is 11.3. The van der Waals surface area contributed by atoms with E-state index < -0.39 is 10.0 Å². The maximum Gasteiger partial charge on any atom is 0.282 e. The highest BCUT2D eigenvalue weighted by Gasteiger charge is 2.16. The molecule has 8 heteroatoms. The van der Waals surface area contributed by atoms with Crippen LogP contribution in [-0.4, -0.2) is 25.5 Å². The van der Waals surface area contributed by atoms with Gasteiger partial charge in [0.1, 0.15) is 17.9 Å². The van der Waals surface area contributed by atoms with Gasteiger partial charge in [-0.15, -0.1) is 0 Å². The van der Waals surface area contributed by atoms with Crippen LogP contribution in [0.1, 0.15) is 5.56 Å². The van der Waals surface area contributed by atoms with Crippen LogP contribution in [0.4, 0.5) is 17.2 Å². The summed E-state index contributed by atoms with van der Waals surface area (Å²) >= 11 is 0. The van der Waals surface area contributed by atoms with Gasteiger partial charge < -0.3 is 10.1 Å². The van der Waals surface area contributed by atoms with Gasteiger partial charge in [-0.25, -0.2) is 9.97 Å². The molecule has 0 saturated heterocycles. The average Bonchev–Trinajstić information content (AvgIpc) is 2.80. The first-order valence-electron chi connectivity index (χ1n) is 9.82. The van der Waals surface area contributed by atoms with Crippen molar-refractivity contribution in [2.45, 2.75) is 11.8 Å². The molecule has 7 nitrogen and oxygen atoms in total. The number of benzene rings is 3. The molecule has 0 amide bonds. The maximum atomic E-state index is 12.5. The Morgan fingerprint density at radius 1 is 0.906 bits per heavy atom. The lowest BCUT2D eigenvalue weighted by molar-refractivity contribution is 0.416. The minimum atomic E-state index is -3.77. The third-order valence-corrected chi connectivity index (χ3v) is 6.05. The predicted octanol–water partition coefficient (Wildman–Crippen LogP) is 4.83. The molecule has 0 fully saturated rings. The zero-order chi connectivity index (χ0) is 22.6. The Balaban J connectivity index is 1.49. The van der Waals surface area contributed by atoms with Gasteiger partial charge in [-0.05, 0) is 55.5 Å². The summed E-state index contributed by atoms with van der Waals surface area (Å²) in [4.78, 5) is 8.76. The summed E-state index contributed by atoms with van der Waals surface area (Å²) in [6.45, 7) is 1.90. The van der Waals surface area contributed by atoms with Crippen molar-refractivity contribution >= 4 is 27.2 Å². The Bertz CT molecular complexity index is 1320. The largest absolute Gasteiger partial charge is 0.496 e. The predicted molar refractivity (Wildman–Crippen MR) is 124 cm³/mol. The Morgan fingerprint density at radius 2 is 1.62 bits per heavy atom. The van der Waals surface area contributed by atoms with E-state index in [2.05, 4.69) is 20.0 Å². The topological polar surface area (TPSA) is 95.3 Å². The summed E-state index contributed by atoms with van der Waals surface area (Å²) in [5.74, 6) is 1.32. The van der Waals surface area contributed by atoms with E-state index in [0.29, 0.717) is 11.5 Å². The molecule has 32 heavy (non-hydrogen) atoms. The summed E-state index contributed by atoms with van der Waals surface area (Å²) < 4.78 is 34.3. The van der Waals surface area contributed by atoms with Gasteiger partial charge in [0, 0.05) is 17.3 Å². The Labute approximate surface area is 187 Å². The van der Waals surface area contributed by atoms with Gasteiger partial charge >= 0.3 is 0 Å². The molecule has 1 radical (unpaired) electrons. The fraction of sp³-hybridized carbons (Fsp3) is 0.0833. The lowest BCUT2D eigenvalue weighted by Crippen LogP contribution is -2.11. The summed E-state index contributed by atoms with van der Waals surface area (Å²) in [6.07, 6.45) is 1.47. The summed E-state index contributed by atoms with van der Waals surface area (Å²) in [5.41, 5.74) is 3.64. The highest BCUT2D eigenvalue weighted by Crippen LogP contribution is 2.29. The number of ether oxygens (including phenoxy) is 1. The number of hydrogen-bond acceptors (Lipinski definition) is 6. The second kappa shape index (κ2) is 9.07. The van der Waals surface area contributed by atoms with Crippen LogP contribution in [0.15, 0.2) is 90.1 Å². The molecule has 0 unspecified atom stereocenters. The molecule has 1 N–H and O–H groups in total. The molecule has 0 bridgehead atoms. The summed E-state index contributed by atoms with van der Waals surface area (Å²) in [7, 11) is -2.16. The normalized spacial score (nSPS) is 11.1. The molecule has 0 atom stereocenters. The number of nitrogens with one attached hydrogen (secondary N) is 1. The molecule has 0 aliphatic heterocycles. The monoisotopic (exact) mass is 445 g/mol. The fourth-order valence-corrected chi connectivity index (χ4v) is 4.07. The van der Waals surface area contributed by atoms with Gasteiger partial charge in [-0.1, -0.05) is 29.8 Å². The number of rotatable bonds is 7. The SMILES string of the molecule is COc1ccccc1-c1cc(Nc2ccc([N]S(=O)(=O)c3ccc(C)cc3)cc2)ncn1. The van der Waals surface area contributed by atoms with E-state index >= 15 is 0 Å². The van der Waals surface area contributed by atoms with Crippen LogP contribution in [0.25, 0.3) is 11.3 Å². The second-order valence-corrected chi connectivity index (χ2v) is 8.64. The van der Waals surface area contributed by atoms with Crippen molar-refractivity contribution in [1.29, 1.82) is 0 Å². The molecule has 0 spiro atoms. The number of sulfonamides is 1. The van der Waals surface area contributed by atoms with E-state index in [0.717, 1.165) is 28.3 Å². The quantitative estimate of drug-likeness (QED) is 0.438. The smallest absolute Gasteiger partial charge is 0.282 e. The first-order chi connectivity index (χ1) is 15.4. The number of para-hydroxylation sites is 1. The number of aromatic nitrogens is 2. The molecule has 0 aliphatic carbocycles. The van der Waals surface area contributed by atoms with E-state index in [4.69, 9.17) is 4.74 Å². The average molecular weight is 446 g/mol. The lowest BCUT2D eigenvalue weighted by atomic mass is 10.1. The first kappa shape index (κ1) is 21.3. The lowest BCUT2D eigenvalue weighted by Gasteiger charge is -2.10. The van der Waals surface area contributed by atoms with Gasteiger partial charge in [0.05, 0.1) is 23.4 Å². The molecule has 0 aliphatic rings. The minimum Gasteiger partial charge on any atom is -0.496 e. The molecule has 3 aromatic carbocycles. The Hall–Kier alpha value is -3.91. The van der Waals surface area contributed by atoms with Crippen molar-refractivity contribution in [3.8, 4) is 17.0 Å². The standard InChI is InChI=1S/C24H21N4O3S/c1-17-7-13-20(14-8-17)32(29,30)28-19-11-9-18(10-12-19)27-24-15-22(25-16-26-24)21-5-3-4-6-23(21)31-2/h3-16H,1-2H3,(H,25,26,27). The van der Waals surface area contributed by atoms with Crippen molar-refractivity contribution in [1.82, 2.24) is 14.7 Å². The number of hydrogen-bond donors (Lipinski definition) is 1. The minimum absolute atomic E-state index is 0.162. The van der Waals surface area contributed by atoms with E-state index in [-0.39, 0.29) is 4.90 Å². The van der Waals surface area contributed by atoms with Crippen LogP contribution in [0.2, 0.25) is 0 Å². The third kappa shape index (κ3) is 4.87. The molecule has 1 heterocycles. The molecule has 4 rings (SSSR count). The molecular weight excluding hydrogens is 424 g/mol. The maximum absolute atomic E-state index is 12.5. The highest BCUT2D eigenvalue weighted by atomic mass is 32.2. The van der Waals surface area contributed by atoms with Crippen LogP contribution in [0.5, 0.6) is 5.75 Å². The van der Waals surface area contributed by atoms with Crippen LogP contribution in [-0.2, 0) is 10.0 Å². The van der Waals surface area contributed by atoms with Crippen LogP contribution in [0.3, 0.4) is 0 Å². The van der Waals surface area contributed by atoms with E-state index in [1.54, 1.807) is 55.6 Å². The Kier molecular flexibility index (Phi) is 6.04. The number of anilines is 2. The zero-order valence-corrected chi connectivity index (χ0v) is 18.4. The van der Waals surface area contributed by atoms with Crippen molar-refractivity contribution in [3.63, 3.8) is 0 Å². The van der Waals surface area contributed by atoms with Crippen molar-refractivity contribution in [2.75, 3.05) is 12.4 Å². The third-order valence-electron chi connectivity index (χ3n) is 4.73. The van der Waals surface area contributed by atoms with E-state index in [1.807, 2.05) is 37.3 Å². The van der Waals surface area contributed by atoms with E-state index in [1.165, 1.54) is 6.33 Å². The fourth-order valence-electron chi connectivity index (χ4n) is 3.08. The number of aryl methyl sites for hydroxylation is 1. The van der Waals surface area contributed by atoms with Crippen molar-refractivity contribution < 1.29 is 13.2 Å². The number of methoxy groups -OCH3 is 1. The van der Waals surface area contributed by atoms with Crippen molar-refractivity contribution in [3.05, 3.63) is 90.8 Å². The molecule has 0 saturated carbocycles. The van der Waals surface area contributed by atoms with Gasteiger partial charge in [0.25, 0.3) is 10.0 Å². The van der Waals surface area contributed by atoms with Gasteiger partial charge in [0.15, 0.2) is 0 Å². The van der Waals surface area contributed by atoms with Crippen molar-refractivity contribution in [2.24, 2.45) is 0 Å². The van der Waals surface area contributed by atoms with Crippen LogP contribution >= 0.6 is 0 Å². The number of nitrogens with zero attached hydrogens (tertiary/aromatic N) is 3. The molecule has 161 valence electrons. The second-order valence-electron chi connectivity index (χ2n) is 7.04. The Morgan fingerprint density at radius 3 is 2.34 bits per heavy atom. The zero-order valence-electron chi connectivity index (χ0n) is 17.6. The summed E-state index contributed by atoms with van der Waals surface area (Å²) in [6, 6.07) is 22.8. The van der Waals surface area contributed by atoms with Crippen LogP contribution < -0.4 is 14.8 Å². The summed E-state index contributed by atoms with van der Waals surface area (Å²) in [5, 5.41) is 3.20. The van der Waals surface area contributed by atoms with Gasteiger partial charge in [-0.2, -0.15) is 13.1 Å². The molecule has 1 aromatic heterocycles. The van der Waals surface area contributed by atoms with Crippen LogP contribution in [0, 0.1) is 6.92 Å². The van der Waals surface area contributed by atoms with Gasteiger partial charge in [0.2, 0.25) is 0 Å². The molecule has 4 aromatic rings. The molecular formula is C24H21N4O3S. The van der Waals surface area contributed by atoms with E-state index in [9.17, 15) is 8.42 Å². The highest BCUT2D eigenvalue weighted by molar-refractivity contribution is 7.89. The van der Waals surface area contributed by atoms with Gasteiger partial charge in [-0.3, -0.25) is 0 Å².